The number of hydrogen-bond acceptors (Lipinski definition) is 6. The van der Waals surface area contributed by atoms with Crippen molar-refractivity contribution in [2.45, 2.75) is 26.8 Å². The Hall–Kier alpha value is -1.86. The lowest BCUT2D eigenvalue weighted by molar-refractivity contribution is 0.536. The monoisotopic (exact) mass is 322 g/mol. The number of hydrogen-bond donors (Lipinski definition) is 2. The fraction of sp³-hybridized carbons (Fsp3) is 0.308. The van der Waals surface area contributed by atoms with Crippen LogP contribution in [0.5, 0.6) is 0 Å². The van der Waals surface area contributed by atoms with Gasteiger partial charge >= 0.3 is 0 Å². The summed E-state index contributed by atoms with van der Waals surface area (Å²) in [5, 5.41) is 8.32. The molecule has 6 nitrogen and oxygen atoms in total. The van der Waals surface area contributed by atoms with Crippen molar-refractivity contribution in [3.63, 3.8) is 0 Å². The topological polar surface area (TPSA) is 81.7 Å². The average molecular weight is 323 g/mol. The van der Waals surface area contributed by atoms with Crippen LogP contribution in [0.2, 0.25) is 5.02 Å². The second-order valence-corrected chi connectivity index (χ2v) is 6.00. The van der Waals surface area contributed by atoms with Gasteiger partial charge in [0.2, 0.25) is 0 Å². The summed E-state index contributed by atoms with van der Waals surface area (Å²) in [6, 6.07) is 3.82. The van der Waals surface area contributed by atoms with Gasteiger partial charge in [0.15, 0.2) is 5.82 Å². The Labute approximate surface area is 131 Å². The van der Waals surface area contributed by atoms with Crippen molar-refractivity contribution < 1.29 is 0 Å². The molecule has 0 aliphatic heterocycles. The highest BCUT2D eigenvalue weighted by Crippen LogP contribution is 2.35. The molecule has 0 bridgehead atoms. The number of nitrogens with zero attached hydrogens (tertiary/aromatic N) is 4. The molecule has 0 aliphatic carbocycles. The molecule has 0 unspecified atom stereocenters. The maximum Gasteiger partial charge on any atom is 0.152 e. The highest BCUT2D eigenvalue weighted by molar-refractivity contribution is 7.00. The average Bonchev–Trinajstić information content (AvgIpc) is 3.01. The van der Waals surface area contributed by atoms with Crippen molar-refractivity contribution in [3.05, 3.63) is 22.8 Å². The minimum absolute atomic E-state index is 0.176. The van der Waals surface area contributed by atoms with Crippen molar-refractivity contribution in [2.75, 3.05) is 11.1 Å². The van der Waals surface area contributed by atoms with Gasteiger partial charge in [0.1, 0.15) is 11.0 Å². The summed E-state index contributed by atoms with van der Waals surface area (Å²) in [7, 11) is 0. The molecule has 2 heterocycles. The quantitative estimate of drug-likeness (QED) is 0.767. The first kappa shape index (κ1) is 14.1. The highest BCUT2D eigenvalue weighted by Gasteiger charge is 2.18. The molecule has 0 saturated carbocycles. The largest absolute Gasteiger partial charge is 0.394 e. The fourth-order valence-corrected chi connectivity index (χ4v) is 2.86. The molecule has 3 aromatic rings. The summed E-state index contributed by atoms with van der Waals surface area (Å²) in [6.45, 7) is 5.97. The highest BCUT2D eigenvalue weighted by atomic mass is 35.5. The Morgan fingerprint density at radius 3 is 2.81 bits per heavy atom. The smallest absolute Gasteiger partial charge is 0.152 e. The van der Waals surface area contributed by atoms with E-state index in [1.807, 2.05) is 31.5 Å². The van der Waals surface area contributed by atoms with Gasteiger partial charge in [-0.25, -0.2) is 4.68 Å². The molecular formula is C13H15ClN6S. The standard InChI is InChI=1S/C13H15ClN6S/c1-6(2)20-13(10(15)7(3)17-20)16-11-8(14)4-5-9-12(11)19-21-18-9/h4-6,16H,15H2,1-3H3. The van der Waals surface area contributed by atoms with E-state index < -0.39 is 0 Å². The molecule has 0 fully saturated rings. The van der Waals surface area contributed by atoms with Gasteiger partial charge in [-0.2, -0.15) is 13.8 Å². The van der Waals surface area contributed by atoms with E-state index in [-0.39, 0.29) is 6.04 Å². The van der Waals surface area contributed by atoms with E-state index in [1.165, 1.54) is 0 Å². The Kier molecular flexibility index (Phi) is 3.46. The molecule has 21 heavy (non-hydrogen) atoms. The first-order valence-electron chi connectivity index (χ1n) is 6.51. The Balaban J connectivity index is 2.15. The molecule has 1 aromatic carbocycles. The van der Waals surface area contributed by atoms with Crippen LogP contribution in [-0.4, -0.2) is 18.5 Å². The van der Waals surface area contributed by atoms with Crippen molar-refractivity contribution in [3.8, 4) is 0 Å². The number of halogens is 1. The molecule has 2 aromatic heterocycles. The second-order valence-electron chi connectivity index (χ2n) is 5.07. The van der Waals surface area contributed by atoms with Crippen LogP contribution in [0.25, 0.3) is 11.0 Å². The molecule has 0 amide bonds. The third-order valence-electron chi connectivity index (χ3n) is 3.24. The number of aromatic nitrogens is 4. The van der Waals surface area contributed by atoms with E-state index in [2.05, 4.69) is 19.2 Å². The number of nitrogens with two attached hydrogens (primary N) is 1. The molecule has 0 atom stereocenters. The number of nitrogens with one attached hydrogen (secondary N) is 1. The van der Waals surface area contributed by atoms with Crippen LogP contribution < -0.4 is 11.1 Å². The fourth-order valence-electron chi connectivity index (χ4n) is 2.12. The Morgan fingerprint density at radius 1 is 1.33 bits per heavy atom. The van der Waals surface area contributed by atoms with Gasteiger partial charge in [-0.15, -0.1) is 0 Å². The van der Waals surface area contributed by atoms with Crippen LogP contribution in [0.15, 0.2) is 12.1 Å². The molecular weight excluding hydrogens is 308 g/mol. The van der Waals surface area contributed by atoms with Crippen LogP contribution in [0.4, 0.5) is 17.2 Å². The van der Waals surface area contributed by atoms with Crippen molar-refractivity contribution in [1.82, 2.24) is 18.5 Å². The molecule has 3 N–H and O–H groups in total. The van der Waals surface area contributed by atoms with Gasteiger partial charge in [0.05, 0.1) is 33.8 Å². The van der Waals surface area contributed by atoms with Gasteiger partial charge in [-0.05, 0) is 32.9 Å². The number of fused-ring (bicyclic) bond motifs is 1. The zero-order valence-electron chi connectivity index (χ0n) is 11.9. The lowest BCUT2D eigenvalue weighted by Gasteiger charge is -2.14. The summed E-state index contributed by atoms with van der Waals surface area (Å²) < 4.78 is 10.4. The maximum absolute atomic E-state index is 6.30. The number of anilines is 3. The third kappa shape index (κ3) is 2.32. The molecule has 0 radical (unpaired) electrons. The zero-order chi connectivity index (χ0) is 15.1. The van der Waals surface area contributed by atoms with E-state index in [0.717, 1.165) is 34.3 Å². The van der Waals surface area contributed by atoms with Crippen LogP contribution in [-0.2, 0) is 0 Å². The SMILES string of the molecule is Cc1nn(C(C)C)c(Nc2c(Cl)ccc3nsnc23)c1N. The van der Waals surface area contributed by atoms with E-state index >= 15 is 0 Å². The molecule has 0 spiro atoms. The third-order valence-corrected chi connectivity index (χ3v) is 4.10. The van der Waals surface area contributed by atoms with E-state index in [1.54, 1.807) is 6.07 Å². The Bertz CT molecular complexity index is 806. The number of benzene rings is 1. The van der Waals surface area contributed by atoms with Crippen LogP contribution in [0.1, 0.15) is 25.6 Å². The Morgan fingerprint density at radius 2 is 2.10 bits per heavy atom. The molecule has 8 heteroatoms. The van der Waals surface area contributed by atoms with E-state index in [4.69, 9.17) is 17.3 Å². The lowest BCUT2D eigenvalue weighted by atomic mass is 10.2. The molecule has 0 saturated heterocycles. The van der Waals surface area contributed by atoms with E-state index in [0.29, 0.717) is 16.4 Å². The normalized spacial score (nSPS) is 11.5. The molecule has 0 aliphatic rings. The predicted octanol–water partition coefficient (Wildman–Crippen LogP) is 3.76. The number of nitrogen functional groups attached to an aromatic ring is 1. The minimum atomic E-state index is 0.176. The summed E-state index contributed by atoms with van der Waals surface area (Å²) in [5.74, 6) is 0.727. The summed E-state index contributed by atoms with van der Waals surface area (Å²) >= 11 is 7.46. The molecule has 3 rings (SSSR count). The van der Waals surface area contributed by atoms with Crippen LogP contribution >= 0.6 is 23.3 Å². The van der Waals surface area contributed by atoms with Crippen molar-refractivity contribution >= 4 is 51.6 Å². The summed E-state index contributed by atoms with van der Waals surface area (Å²) in [4.78, 5) is 0. The minimum Gasteiger partial charge on any atom is -0.394 e. The van der Waals surface area contributed by atoms with Gasteiger partial charge in [-0.1, -0.05) is 11.6 Å². The first-order valence-corrected chi connectivity index (χ1v) is 7.62. The van der Waals surface area contributed by atoms with Crippen molar-refractivity contribution in [2.24, 2.45) is 0 Å². The van der Waals surface area contributed by atoms with Gasteiger partial charge in [-0.3, -0.25) is 0 Å². The zero-order valence-corrected chi connectivity index (χ0v) is 13.5. The summed E-state index contributed by atoms with van der Waals surface area (Å²) in [5.41, 5.74) is 9.78. The summed E-state index contributed by atoms with van der Waals surface area (Å²) in [6.07, 6.45) is 0. The maximum atomic E-state index is 6.30. The van der Waals surface area contributed by atoms with Gasteiger partial charge < -0.3 is 11.1 Å². The first-order chi connectivity index (χ1) is 9.99. The second kappa shape index (κ2) is 5.16. The molecule has 110 valence electrons. The number of aryl methyl sites for hydroxylation is 1. The van der Waals surface area contributed by atoms with Crippen molar-refractivity contribution in [1.29, 1.82) is 0 Å². The lowest BCUT2D eigenvalue weighted by Crippen LogP contribution is -2.08. The van der Waals surface area contributed by atoms with E-state index in [9.17, 15) is 0 Å². The van der Waals surface area contributed by atoms with Crippen LogP contribution in [0.3, 0.4) is 0 Å². The van der Waals surface area contributed by atoms with Gasteiger partial charge in [0.25, 0.3) is 0 Å². The van der Waals surface area contributed by atoms with Crippen LogP contribution in [0, 0.1) is 6.92 Å². The predicted molar refractivity (Wildman–Crippen MR) is 87.5 cm³/mol. The number of rotatable bonds is 3. The van der Waals surface area contributed by atoms with Gasteiger partial charge in [0, 0.05) is 6.04 Å².